The van der Waals surface area contributed by atoms with Crippen molar-refractivity contribution in [2.75, 3.05) is 0 Å². The summed E-state index contributed by atoms with van der Waals surface area (Å²) in [4.78, 5) is 0. The Kier molecular flexibility index (Phi) is 4.42. The van der Waals surface area contributed by atoms with Gasteiger partial charge in [0, 0.05) is 0 Å². The van der Waals surface area contributed by atoms with Gasteiger partial charge in [-0.25, -0.2) is 0 Å². The Balaban J connectivity index is 0.000000128. The van der Waals surface area contributed by atoms with Crippen LogP contribution < -0.4 is 0 Å². The van der Waals surface area contributed by atoms with Gasteiger partial charge in [-0.15, -0.1) is 6.58 Å². The zero-order chi connectivity index (χ0) is 12.1. The first-order valence-corrected chi connectivity index (χ1v) is 6.94. The van der Waals surface area contributed by atoms with E-state index < -0.39 is 0 Å². The van der Waals surface area contributed by atoms with Crippen molar-refractivity contribution in [2.45, 2.75) is 39.0 Å². The third-order valence-electron chi connectivity index (χ3n) is 4.16. The second-order valence-corrected chi connectivity index (χ2v) is 5.34. The first kappa shape index (κ1) is 12.4. The van der Waals surface area contributed by atoms with Crippen LogP contribution in [0.5, 0.6) is 0 Å². The van der Waals surface area contributed by atoms with Crippen molar-refractivity contribution in [1.82, 2.24) is 0 Å². The molecular weight excluding hydrogens is 204 g/mol. The van der Waals surface area contributed by atoms with Gasteiger partial charge in [0.2, 0.25) is 0 Å². The van der Waals surface area contributed by atoms with Gasteiger partial charge in [-0.05, 0) is 56.8 Å². The molecule has 2 bridgehead atoms. The van der Waals surface area contributed by atoms with Crippen LogP contribution in [0.4, 0.5) is 0 Å². The predicted molar refractivity (Wildman–Crippen MR) is 75.8 cm³/mol. The summed E-state index contributed by atoms with van der Waals surface area (Å²) in [5.41, 5.74) is 1.67. The second-order valence-electron chi connectivity index (χ2n) is 5.34. The summed E-state index contributed by atoms with van der Waals surface area (Å²) in [7, 11) is 0. The van der Waals surface area contributed by atoms with Crippen molar-refractivity contribution in [3.63, 3.8) is 0 Å². The lowest BCUT2D eigenvalue weighted by Crippen LogP contribution is -1.96. The molecular formula is C17H24. The third-order valence-corrected chi connectivity index (χ3v) is 4.16. The molecule has 0 nitrogen and oxygen atoms in total. The van der Waals surface area contributed by atoms with E-state index in [4.69, 9.17) is 0 Å². The fourth-order valence-electron chi connectivity index (χ4n) is 3.02. The smallest absolute Gasteiger partial charge is 0.00174 e. The van der Waals surface area contributed by atoms with Crippen LogP contribution in [0.15, 0.2) is 48.6 Å². The Morgan fingerprint density at radius 1 is 1.29 bits per heavy atom. The zero-order valence-electron chi connectivity index (χ0n) is 10.9. The van der Waals surface area contributed by atoms with Gasteiger partial charge < -0.3 is 0 Å². The monoisotopic (exact) mass is 228 g/mol. The van der Waals surface area contributed by atoms with Crippen molar-refractivity contribution in [2.24, 2.45) is 17.8 Å². The van der Waals surface area contributed by atoms with E-state index in [-0.39, 0.29) is 0 Å². The lowest BCUT2D eigenvalue weighted by Gasteiger charge is -2.11. The van der Waals surface area contributed by atoms with Crippen molar-refractivity contribution >= 4 is 0 Å². The Labute approximate surface area is 106 Å². The van der Waals surface area contributed by atoms with E-state index in [0.717, 1.165) is 17.8 Å². The molecule has 0 aromatic rings. The quantitative estimate of drug-likeness (QED) is 0.550. The molecule has 1 fully saturated rings. The molecule has 0 heteroatoms. The highest BCUT2D eigenvalue weighted by atomic mass is 14.3. The molecule has 0 radical (unpaired) electrons. The zero-order valence-corrected chi connectivity index (χ0v) is 10.9. The minimum absolute atomic E-state index is 0.764. The van der Waals surface area contributed by atoms with Crippen LogP contribution in [0.25, 0.3) is 0 Å². The number of fused-ring (bicyclic) bond motifs is 2. The van der Waals surface area contributed by atoms with Gasteiger partial charge in [-0.1, -0.05) is 42.0 Å². The van der Waals surface area contributed by atoms with Crippen LogP contribution in [0.1, 0.15) is 39.0 Å². The lowest BCUT2D eigenvalue weighted by molar-refractivity contribution is 0.585. The van der Waals surface area contributed by atoms with Crippen LogP contribution in [0.2, 0.25) is 0 Å². The summed E-state index contributed by atoms with van der Waals surface area (Å²) in [6.45, 7) is 5.91. The predicted octanol–water partition coefficient (Wildman–Crippen LogP) is 5.06. The van der Waals surface area contributed by atoms with Crippen LogP contribution in [-0.4, -0.2) is 0 Å². The molecule has 17 heavy (non-hydrogen) atoms. The normalized spacial score (nSPS) is 35.8. The fourth-order valence-corrected chi connectivity index (χ4v) is 3.02. The highest BCUT2D eigenvalue weighted by Crippen LogP contribution is 2.42. The molecule has 0 saturated heterocycles. The SMILES string of the molecule is C=CC1CC=CCC1.CC=C1CC2C=CC1C2. The van der Waals surface area contributed by atoms with Crippen LogP contribution in [0.3, 0.4) is 0 Å². The molecule has 92 valence electrons. The van der Waals surface area contributed by atoms with E-state index in [0.29, 0.717) is 0 Å². The molecule has 3 aliphatic carbocycles. The molecule has 0 amide bonds. The number of allylic oxidation sites excluding steroid dienone is 7. The summed E-state index contributed by atoms with van der Waals surface area (Å²) in [6.07, 6.45) is 20.1. The summed E-state index contributed by atoms with van der Waals surface area (Å²) >= 11 is 0. The van der Waals surface area contributed by atoms with Crippen LogP contribution in [-0.2, 0) is 0 Å². The number of hydrogen-bond donors (Lipinski definition) is 0. The van der Waals surface area contributed by atoms with Gasteiger partial charge in [0.25, 0.3) is 0 Å². The Bertz CT molecular complexity index is 343. The molecule has 0 N–H and O–H groups in total. The van der Waals surface area contributed by atoms with E-state index in [9.17, 15) is 0 Å². The van der Waals surface area contributed by atoms with Crippen molar-refractivity contribution < 1.29 is 0 Å². The molecule has 1 saturated carbocycles. The second kappa shape index (κ2) is 6.05. The van der Waals surface area contributed by atoms with Gasteiger partial charge in [0.05, 0.1) is 0 Å². The molecule has 0 aromatic carbocycles. The standard InChI is InChI=1S/C9H12.C8H12/c1-2-8-5-7-3-4-9(8)6-7;1-2-8-6-4-3-5-7-8/h2-4,7,9H,5-6H2,1H3;2-4,8H,1,5-7H2. The van der Waals surface area contributed by atoms with E-state index in [1.165, 1.54) is 32.1 Å². The van der Waals surface area contributed by atoms with Crippen LogP contribution >= 0.6 is 0 Å². The molecule has 3 rings (SSSR count). The summed E-state index contributed by atoms with van der Waals surface area (Å²) in [5.74, 6) is 2.50. The first-order valence-electron chi connectivity index (χ1n) is 6.94. The Hall–Kier alpha value is -1.04. The van der Waals surface area contributed by atoms with E-state index in [1.807, 2.05) is 0 Å². The lowest BCUT2D eigenvalue weighted by atomic mass is 9.95. The maximum absolute atomic E-state index is 3.75. The number of rotatable bonds is 1. The largest absolute Gasteiger partial charge is 0.103 e. The van der Waals surface area contributed by atoms with E-state index >= 15 is 0 Å². The van der Waals surface area contributed by atoms with Crippen molar-refractivity contribution in [3.8, 4) is 0 Å². The molecule has 0 aromatic heterocycles. The van der Waals surface area contributed by atoms with Crippen molar-refractivity contribution in [3.05, 3.63) is 48.6 Å². The Morgan fingerprint density at radius 2 is 2.18 bits per heavy atom. The van der Waals surface area contributed by atoms with Gasteiger partial charge in [0.15, 0.2) is 0 Å². The molecule has 0 aliphatic heterocycles. The highest BCUT2D eigenvalue weighted by molar-refractivity contribution is 5.26. The van der Waals surface area contributed by atoms with Gasteiger partial charge in [0.1, 0.15) is 0 Å². The molecule has 0 heterocycles. The fraction of sp³-hybridized carbons (Fsp3) is 0.529. The first-order chi connectivity index (χ1) is 8.33. The Morgan fingerprint density at radius 3 is 2.53 bits per heavy atom. The minimum Gasteiger partial charge on any atom is -0.103 e. The van der Waals surface area contributed by atoms with Gasteiger partial charge in [-0.2, -0.15) is 0 Å². The highest BCUT2D eigenvalue weighted by Gasteiger charge is 2.29. The maximum Gasteiger partial charge on any atom is -0.00174 e. The van der Waals surface area contributed by atoms with Gasteiger partial charge in [-0.3, -0.25) is 0 Å². The van der Waals surface area contributed by atoms with E-state index in [2.05, 4.69) is 50.0 Å². The molecule has 3 unspecified atom stereocenters. The van der Waals surface area contributed by atoms with Crippen LogP contribution in [0, 0.1) is 17.8 Å². The topological polar surface area (TPSA) is 0 Å². The maximum atomic E-state index is 3.75. The average Bonchev–Trinajstić information content (AvgIpc) is 3.02. The summed E-state index contributed by atoms with van der Waals surface area (Å²) in [6, 6.07) is 0. The van der Waals surface area contributed by atoms with E-state index in [1.54, 1.807) is 5.57 Å². The summed E-state index contributed by atoms with van der Waals surface area (Å²) < 4.78 is 0. The minimum atomic E-state index is 0.764. The molecule has 3 atom stereocenters. The summed E-state index contributed by atoms with van der Waals surface area (Å²) in [5, 5.41) is 0. The molecule has 0 spiro atoms. The van der Waals surface area contributed by atoms with Gasteiger partial charge >= 0.3 is 0 Å². The molecule has 3 aliphatic rings. The number of hydrogen-bond acceptors (Lipinski definition) is 0. The van der Waals surface area contributed by atoms with Crippen molar-refractivity contribution in [1.29, 1.82) is 0 Å². The third kappa shape index (κ3) is 3.21. The average molecular weight is 228 g/mol.